The van der Waals surface area contributed by atoms with Crippen LogP contribution in [0.4, 0.5) is 43.9 Å². The fourth-order valence-electron chi connectivity index (χ4n) is 1.23. The Kier molecular flexibility index (Phi) is 10.3. The summed E-state index contributed by atoms with van der Waals surface area (Å²) in [5, 5.41) is 0. The molecule has 0 aliphatic rings. The molecule has 0 saturated carbocycles. The normalized spacial score (nSPS) is 14.9. The van der Waals surface area contributed by atoms with E-state index in [-0.39, 0.29) is 0 Å². The van der Waals surface area contributed by atoms with E-state index in [1.165, 1.54) is 0 Å². The van der Waals surface area contributed by atoms with Crippen LogP contribution in [0.3, 0.4) is 0 Å². The lowest BCUT2D eigenvalue weighted by atomic mass is 9.98. The highest BCUT2D eigenvalue weighted by atomic mass is 19.4. The number of ether oxygens (including phenoxy) is 1. The molecular formula is C13H20F10O. The van der Waals surface area contributed by atoms with Crippen molar-refractivity contribution in [1.82, 2.24) is 0 Å². The van der Waals surface area contributed by atoms with E-state index in [0.29, 0.717) is 6.92 Å². The molecule has 1 atom stereocenters. The van der Waals surface area contributed by atoms with Gasteiger partial charge in [0.2, 0.25) is 0 Å². The Bertz CT molecular complexity index is 336. The van der Waals surface area contributed by atoms with Gasteiger partial charge in [0, 0.05) is 13.2 Å². The lowest BCUT2D eigenvalue weighted by Crippen LogP contribution is -2.63. The van der Waals surface area contributed by atoms with Gasteiger partial charge >= 0.3 is 23.9 Å². The minimum absolute atomic E-state index is 0.598. The maximum absolute atomic E-state index is 12.5. The predicted octanol–water partition coefficient (Wildman–Crippen LogP) is 6.03. The van der Waals surface area contributed by atoms with Gasteiger partial charge in [-0.3, -0.25) is 0 Å². The third-order valence-electron chi connectivity index (χ3n) is 2.62. The molecule has 24 heavy (non-hydrogen) atoms. The molecule has 0 rings (SSSR count). The molecule has 0 radical (unpaired) electrons. The Hall–Kier alpha value is -0.740. The van der Waals surface area contributed by atoms with Gasteiger partial charge in [-0.05, 0) is 19.3 Å². The Morgan fingerprint density at radius 1 is 0.708 bits per heavy atom. The molecule has 0 heterocycles. The van der Waals surface area contributed by atoms with Gasteiger partial charge < -0.3 is 4.74 Å². The first-order valence-electron chi connectivity index (χ1n) is 7.06. The van der Waals surface area contributed by atoms with Crippen LogP contribution >= 0.6 is 0 Å². The van der Waals surface area contributed by atoms with Gasteiger partial charge in [0.25, 0.3) is 0 Å². The summed E-state index contributed by atoms with van der Waals surface area (Å²) in [7, 11) is 0. The smallest absolute Gasteiger partial charge is 0.381 e. The summed E-state index contributed by atoms with van der Waals surface area (Å²) in [6, 6.07) is 0. The molecule has 0 aromatic heterocycles. The second-order valence-electron chi connectivity index (χ2n) is 4.76. The second kappa shape index (κ2) is 9.67. The van der Waals surface area contributed by atoms with Gasteiger partial charge in [-0.2, -0.15) is 39.5 Å². The third-order valence-corrected chi connectivity index (χ3v) is 2.62. The molecule has 1 unspecified atom stereocenters. The number of halogens is 10. The molecule has 1 nitrogen and oxygen atoms in total. The van der Waals surface area contributed by atoms with Crippen LogP contribution in [0.5, 0.6) is 0 Å². The van der Waals surface area contributed by atoms with E-state index in [2.05, 4.69) is 13.8 Å². The highest BCUT2D eigenvalue weighted by Gasteiger charge is 2.83. The Balaban J connectivity index is 0. The molecule has 0 aromatic carbocycles. The minimum Gasteiger partial charge on any atom is -0.381 e. The monoisotopic (exact) mass is 382 g/mol. The molecule has 11 heteroatoms. The van der Waals surface area contributed by atoms with Gasteiger partial charge in [-0.1, -0.05) is 20.8 Å². The van der Waals surface area contributed by atoms with Crippen LogP contribution in [-0.4, -0.2) is 43.3 Å². The molecule has 0 bridgehead atoms. The Morgan fingerprint density at radius 3 is 1.33 bits per heavy atom. The number of rotatable bonds is 8. The summed E-state index contributed by atoms with van der Waals surface area (Å²) in [4.78, 5) is 0. The van der Waals surface area contributed by atoms with E-state index >= 15 is 0 Å². The standard InChI is InChI=1S/C7H6F10.C6H14O/c1-2-3(8)4(9,10)5(11,12)6(13,14)7(15,16)17;1-3-5-7-6-4-2/h3H,2H2,1H3;3-6H2,1-2H3. The van der Waals surface area contributed by atoms with Crippen molar-refractivity contribution >= 4 is 0 Å². The van der Waals surface area contributed by atoms with E-state index in [1.54, 1.807) is 0 Å². The summed E-state index contributed by atoms with van der Waals surface area (Å²) >= 11 is 0. The van der Waals surface area contributed by atoms with Crippen LogP contribution in [0, 0.1) is 0 Å². The Morgan fingerprint density at radius 2 is 1.08 bits per heavy atom. The van der Waals surface area contributed by atoms with Crippen molar-refractivity contribution < 1.29 is 48.6 Å². The first kappa shape index (κ1) is 25.5. The zero-order valence-electron chi connectivity index (χ0n) is 13.3. The predicted molar refractivity (Wildman–Crippen MR) is 67.5 cm³/mol. The van der Waals surface area contributed by atoms with Crippen LogP contribution in [0.2, 0.25) is 0 Å². The summed E-state index contributed by atoms with van der Waals surface area (Å²) in [5.74, 6) is -20.0. The van der Waals surface area contributed by atoms with Crippen molar-refractivity contribution in [3.8, 4) is 0 Å². The number of hydrogen-bond acceptors (Lipinski definition) is 1. The molecule has 0 fully saturated rings. The SMILES string of the molecule is CCC(F)C(F)(F)C(F)(F)C(F)(F)C(F)(F)F.CCCOCCC. The summed E-state index contributed by atoms with van der Waals surface area (Å²) in [6.45, 7) is 6.69. The lowest BCUT2D eigenvalue weighted by molar-refractivity contribution is -0.402. The van der Waals surface area contributed by atoms with Crippen molar-refractivity contribution in [3.63, 3.8) is 0 Å². The van der Waals surface area contributed by atoms with Crippen LogP contribution < -0.4 is 0 Å². The fourth-order valence-corrected chi connectivity index (χ4v) is 1.23. The topological polar surface area (TPSA) is 9.23 Å². The van der Waals surface area contributed by atoms with Crippen molar-refractivity contribution in [2.75, 3.05) is 13.2 Å². The van der Waals surface area contributed by atoms with Gasteiger partial charge in [0.1, 0.15) is 0 Å². The van der Waals surface area contributed by atoms with E-state index in [1.807, 2.05) is 0 Å². The largest absolute Gasteiger partial charge is 0.460 e. The van der Waals surface area contributed by atoms with E-state index in [0.717, 1.165) is 26.1 Å². The van der Waals surface area contributed by atoms with E-state index in [9.17, 15) is 43.9 Å². The maximum Gasteiger partial charge on any atom is 0.460 e. The average molecular weight is 382 g/mol. The van der Waals surface area contributed by atoms with Crippen molar-refractivity contribution in [3.05, 3.63) is 0 Å². The zero-order valence-corrected chi connectivity index (χ0v) is 13.3. The highest BCUT2D eigenvalue weighted by Crippen LogP contribution is 2.54. The maximum atomic E-state index is 12.5. The molecule has 148 valence electrons. The molecule has 0 saturated heterocycles. The number of alkyl halides is 10. The quantitative estimate of drug-likeness (QED) is 0.368. The first-order chi connectivity index (χ1) is 10.6. The van der Waals surface area contributed by atoms with E-state index in [4.69, 9.17) is 4.74 Å². The number of hydrogen-bond donors (Lipinski definition) is 0. The fraction of sp³-hybridized carbons (Fsp3) is 1.00. The molecule has 0 amide bonds. The zero-order chi connectivity index (χ0) is 19.8. The average Bonchev–Trinajstić information content (AvgIpc) is 2.46. The first-order valence-corrected chi connectivity index (χ1v) is 7.06. The molecular weight excluding hydrogens is 362 g/mol. The molecule has 0 spiro atoms. The second-order valence-corrected chi connectivity index (χ2v) is 4.76. The molecule has 0 aromatic rings. The highest BCUT2D eigenvalue weighted by molar-refractivity contribution is 5.03. The lowest BCUT2D eigenvalue weighted by Gasteiger charge is -2.34. The van der Waals surface area contributed by atoms with E-state index < -0.39 is 36.5 Å². The van der Waals surface area contributed by atoms with Crippen LogP contribution in [0.25, 0.3) is 0 Å². The Labute approximate surface area is 133 Å². The van der Waals surface area contributed by atoms with Gasteiger partial charge in [-0.25, -0.2) is 4.39 Å². The van der Waals surface area contributed by atoms with Crippen LogP contribution in [0.1, 0.15) is 40.0 Å². The van der Waals surface area contributed by atoms with Gasteiger partial charge in [0.05, 0.1) is 0 Å². The summed E-state index contributed by atoms with van der Waals surface area (Å²) < 4.78 is 126. The molecule has 0 aliphatic heterocycles. The third kappa shape index (κ3) is 5.96. The molecule has 0 N–H and O–H groups in total. The van der Waals surface area contributed by atoms with Crippen LogP contribution in [-0.2, 0) is 4.74 Å². The van der Waals surface area contributed by atoms with Crippen molar-refractivity contribution in [2.24, 2.45) is 0 Å². The minimum atomic E-state index is -7.02. The van der Waals surface area contributed by atoms with Gasteiger partial charge in [-0.15, -0.1) is 0 Å². The van der Waals surface area contributed by atoms with Crippen LogP contribution in [0.15, 0.2) is 0 Å². The van der Waals surface area contributed by atoms with Crippen molar-refractivity contribution in [2.45, 2.75) is 70.1 Å². The summed E-state index contributed by atoms with van der Waals surface area (Å²) in [5.41, 5.74) is 0. The van der Waals surface area contributed by atoms with Crippen molar-refractivity contribution in [1.29, 1.82) is 0 Å². The van der Waals surface area contributed by atoms with Gasteiger partial charge in [0.15, 0.2) is 6.17 Å². The summed E-state index contributed by atoms with van der Waals surface area (Å²) in [6.07, 6.45) is -9.78. The molecule has 0 aliphatic carbocycles.